The van der Waals surface area contributed by atoms with E-state index in [9.17, 15) is 4.79 Å². The number of carbonyl (C=O) groups excluding carboxylic acids is 1. The Morgan fingerprint density at radius 3 is 2.46 bits per heavy atom. The van der Waals surface area contributed by atoms with Crippen molar-refractivity contribution in [2.75, 3.05) is 31.3 Å². The average Bonchev–Trinajstić information content (AvgIpc) is 3.19. The third kappa shape index (κ3) is 6.77. The summed E-state index contributed by atoms with van der Waals surface area (Å²) in [4.78, 5) is 29.1. The predicted molar refractivity (Wildman–Crippen MR) is 144 cm³/mol. The summed E-state index contributed by atoms with van der Waals surface area (Å²) in [5.74, 6) is 1.48. The first-order valence-electron chi connectivity index (χ1n) is 11.6. The molecule has 1 aliphatic rings. The van der Waals surface area contributed by atoms with Crippen molar-refractivity contribution in [3.05, 3.63) is 72.3 Å². The molecule has 0 saturated heterocycles. The van der Waals surface area contributed by atoms with E-state index < -0.39 is 0 Å². The van der Waals surface area contributed by atoms with Crippen LogP contribution in [-0.2, 0) is 4.79 Å². The lowest BCUT2D eigenvalue weighted by molar-refractivity contribution is -0.116. The van der Waals surface area contributed by atoms with Gasteiger partial charge in [0.05, 0.1) is 18.3 Å². The number of nitrogens with one attached hydrogen (secondary N) is 2. The van der Waals surface area contributed by atoms with Crippen LogP contribution in [0.25, 0.3) is 11.3 Å². The van der Waals surface area contributed by atoms with Crippen molar-refractivity contribution in [3.63, 3.8) is 0 Å². The molecule has 0 radical (unpaired) electrons. The fourth-order valence-electron chi connectivity index (χ4n) is 3.72. The third-order valence-corrected chi connectivity index (χ3v) is 6.28. The van der Waals surface area contributed by atoms with Crippen LogP contribution in [0.3, 0.4) is 0 Å². The van der Waals surface area contributed by atoms with E-state index in [-0.39, 0.29) is 11.9 Å². The minimum absolute atomic E-state index is 0.0468. The third-order valence-electron chi connectivity index (χ3n) is 5.41. The zero-order chi connectivity index (χ0) is 24.8. The Labute approximate surface area is 210 Å². The Morgan fingerprint density at radius 1 is 1.06 bits per heavy atom. The number of hydrogen-bond acceptors (Lipinski definition) is 7. The molecule has 1 amide bonds. The highest BCUT2D eigenvalue weighted by Gasteiger charge is 2.17. The summed E-state index contributed by atoms with van der Waals surface area (Å²) in [6.07, 6.45) is 3.05. The molecule has 35 heavy (non-hydrogen) atoms. The van der Waals surface area contributed by atoms with Crippen molar-refractivity contribution in [3.8, 4) is 11.3 Å². The first-order valence-corrected chi connectivity index (χ1v) is 12.4. The fourth-order valence-corrected chi connectivity index (χ4v) is 4.49. The summed E-state index contributed by atoms with van der Waals surface area (Å²) in [6.45, 7) is 4.58. The second-order valence-electron chi connectivity index (χ2n) is 8.65. The van der Waals surface area contributed by atoms with Crippen LogP contribution in [0.1, 0.15) is 20.3 Å². The number of benzene rings is 2. The molecule has 0 bridgehead atoms. The molecule has 0 spiro atoms. The molecule has 1 unspecified atom stereocenters. The molecule has 8 heteroatoms. The summed E-state index contributed by atoms with van der Waals surface area (Å²) < 4.78 is 0. The van der Waals surface area contributed by atoms with E-state index in [1.54, 1.807) is 0 Å². The van der Waals surface area contributed by atoms with Gasteiger partial charge in [-0.05, 0) is 75.1 Å². The zero-order valence-corrected chi connectivity index (χ0v) is 21.3. The summed E-state index contributed by atoms with van der Waals surface area (Å²) >= 11 is 1.47. The maximum atomic E-state index is 12.0. The van der Waals surface area contributed by atoms with Gasteiger partial charge in [-0.2, -0.15) is 0 Å². The molecule has 4 rings (SSSR count). The number of nitrogens with zero attached hydrogens (tertiary/aromatic N) is 4. The first kappa shape index (κ1) is 24.6. The van der Waals surface area contributed by atoms with E-state index in [1.165, 1.54) is 17.3 Å². The highest BCUT2D eigenvalue weighted by Crippen LogP contribution is 2.30. The van der Waals surface area contributed by atoms with E-state index >= 15 is 0 Å². The van der Waals surface area contributed by atoms with Gasteiger partial charge in [-0.15, -0.1) is 0 Å². The van der Waals surface area contributed by atoms with E-state index in [2.05, 4.69) is 30.6 Å². The maximum absolute atomic E-state index is 12.0. The Kier molecular flexibility index (Phi) is 7.94. The second-order valence-corrected chi connectivity index (χ2v) is 9.69. The van der Waals surface area contributed by atoms with Crippen LogP contribution >= 0.6 is 11.8 Å². The predicted octanol–water partition coefficient (Wildman–Crippen LogP) is 5.34. The molecule has 0 fully saturated rings. The van der Waals surface area contributed by atoms with E-state index in [4.69, 9.17) is 15.0 Å². The van der Waals surface area contributed by atoms with Gasteiger partial charge >= 0.3 is 0 Å². The zero-order valence-electron chi connectivity index (χ0n) is 20.4. The quantitative estimate of drug-likeness (QED) is 0.418. The van der Waals surface area contributed by atoms with Crippen LogP contribution in [0.5, 0.6) is 0 Å². The average molecular weight is 487 g/mol. The van der Waals surface area contributed by atoms with Crippen molar-refractivity contribution >= 4 is 35.0 Å². The lowest BCUT2D eigenvalue weighted by atomic mass is 10.1. The van der Waals surface area contributed by atoms with Gasteiger partial charge in [0, 0.05) is 22.2 Å². The molecular weight excluding hydrogens is 456 g/mol. The van der Waals surface area contributed by atoms with Crippen molar-refractivity contribution in [2.24, 2.45) is 4.99 Å². The molecule has 0 aliphatic carbocycles. The number of amides is 1. The molecule has 1 aromatic heterocycles. The Balaban J connectivity index is 1.56. The molecule has 3 aromatic rings. The van der Waals surface area contributed by atoms with Crippen LogP contribution in [0.2, 0.25) is 0 Å². The van der Waals surface area contributed by atoms with Crippen LogP contribution in [-0.4, -0.2) is 53.3 Å². The van der Waals surface area contributed by atoms with Gasteiger partial charge in [0.1, 0.15) is 11.7 Å². The first-order chi connectivity index (χ1) is 16.9. The number of anilines is 2. The lowest BCUT2D eigenvalue weighted by Gasteiger charge is -2.11. The molecule has 1 atom stereocenters. The molecule has 1 aliphatic heterocycles. The van der Waals surface area contributed by atoms with Gasteiger partial charge in [-0.25, -0.2) is 9.97 Å². The second kappa shape index (κ2) is 11.3. The smallest absolute Gasteiger partial charge is 0.238 e. The SMILES string of the molecule is CCC1N=C(Nc2cc(-c3ccccc3)nc(Sc3ccc(NC(=O)CN(C)C)cc3)n2)C=C1C. The van der Waals surface area contributed by atoms with Crippen LogP contribution in [0.4, 0.5) is 11.5 Å². The highest BCUT2D eigenvalue weighted by molar-refractivity contribution is 7.99. The monoisotopic (exact) mass is 486 g/mol. The number of amidine groups is 1. The van der Waals surface area contributed by atoms with Crippen molar-refractivity contribution in [2.45, 2.75) is 36.4 Å². The van der Waals surface area contributed by atoms with Crippen LogP contribution < -0.4 is 10.6 Å². The number of hydrogen-bond donors (Lipinski definition) is 2. The summed E-state index contributed by atoms with van der Waals surface area (Å²) in [7, 11) is 3.73. The number of likely N-dealkylation sites (N-methyl/N-ethyl adjacent to an activating group) is 1. The highest BCUT2D eigenvalue weighted by atomic mass is 32.2. The van der Waals surface area contributed by atoms with Crippen molar-refractivity contribution < 1.29 is 4.79 Å². The Hall–Kier alpha value is -3.49. The largest absolute Gasteiger partial charge is 0.325 e. The van der Waals surface area contributed by atoms with E-state index in [0.29, 0.717) is 17.5 Å². The van der Waals surface area contributed by atoms with Gasteiger partial charge in [0.2, 0.25) is 5.91 Å². The number of rotatable bonds is 8. The molecule has 2 aromatic carbocycles. The standard InChI is InChI=1S/C27H30N6OS/c1-5-22-18(2)15-24(29-22)31-25-16-23(19-9-7-6-8-10-19)30-27(32-25)35-21-13-11-20(12-14-21)28-26(34)17-33(3)4/h6-16,22H,5,17H2,1-4H3,(H,28,34)(H,29,30,31,32). The van der Waals surface area contributed by atoms with Gasteiger partial charge in [-0.3, -0.25) is 9.79 Å². The summed E-state index contributed by atoms with van der Waals surface area (Å²) in [6, 6.07) is 19.9. The number of aliphatic imine (C=N–C) groups is 1. The topological polar surface area (TPSA) is 82.5 Å². The van der Waals surface area contributed by atoms with Gasteiger partial charge in [0.15, 0.2) is 5.16 Å². The molecule has 0 saturated carbocycles. The van der Waals surface area contributed by atoms with Gasteiger partial charge < -0.3 is 15.5 Å². The van der Waals surface area contributed by atoms with Crippen LogP contribution in [0, 0.1) is 0 Å². The molecule has 2 N–H and O–H groups in total. The summed E-state index contributed by atoms with van der Waals surface area (Å²) in [5.41, 5.74) is 3.86. The van der Waals surface area contributed by atoms with Gasteiger partial charge in [-0.1, -0.05) is 37.3 Å². The molecule has 2 heterocycles. The summed E-state index contributed by atoms with van der Waals surface area (Å²) in [5, 5.41) is 6.91. The number of carbonyl (C=O) groups is 1. The minimum atomic E-state index is -0.0468. The lowest BCUT2D eigenvalue weighted by Crippen LogP contribution is -2.26. The van der Waals surface area contributed by atoms with E-state index in [1.807, 2.05) is 79.7 Å². The normalized spacial score (nSPS) is 15.1. The van der Waals surface area contributed by atoms with Crippen molar-refractivity contribution in [1.82, 2.24) is 14.9 Å². The molecule has 180 valence electrons. The number of aromatic nitrogens is 2. The molecular formula is C27H30N6OS. The Morgan fingerprint density at radius 2 is 1.80 bits per heavy atom. The van der Waals surface area contributed by atoms with Crippen LogP contribution in [0.15, 0.2) is 87.4 Å². The van der Waals surface area contributed by atoms with Crippen molar-refractivity contribution in [1.29, 1.82) is 0 Å². The maximum Gasteiger partial charge on any atom is 0.238 e. The van der Waals surface area contributed by atoms with Gasteiger partial charge in [0.25, 0.3) is 0 Å². The fraction of sp³-hybridized carbons (Fsp3) is 0.259. The molecule has 7 nitrogen and oxygen atoms in total. The van der Waals surface area contributed by atoms with E-state index in [0.717, 1.165) is 34.1 Å². The Bertz CT molecular complexity index is 1240. The minimum Gasteiger partial charge on any atom is -0.325 e.